The molecule has 6 heteroatoms. The Hall–Kier alpha value is -1.95. The van der Waals surface area contributed by atoms with Gasteiger partial charge in [0, 0.05) is 23.6 Å². The summed E-state index contributed by atoms with van der Waals surface area (Å²) in [6, 6.07) is 7.82. The standard InChI is InChI=1S/C16H18N2O3S/c1-21-12-4-2-11(3-5-12)6-8-18-14-7-9-22-10-13(14)15(19)17-16(18)20/h2-5H,6-10H2,1H3,(H,17,19,20). The number of ether oxygens (including phenoxy) is 1. The van der Waals surface area contributed by atoms with E-state index < -0.39 is 0 Å². The lowest BCUT2D eigenvalue weighted by molar-refractivity contribution is 0.414. The van der Waals surface area contributed by atoms with E-state index in [4.69, 9.17) is 4.74 Å². The summed E-state index contributed by atoms with van der Waals surface area (Å²) in [7, 11) is 1.64. The number of aryl methyl sites for hydroxylation is 1. The number of hydrogen-bond donors (Lipinski definition) is 1. The lowest BCUT2D eigenvalue weighted by Crippen LogP contribution is -2.37. The molecule has 0 amide bonds. The second-order valence-corrected chi connectivity index (χ2v) is 6.34. The van der Waals surface area contributed by atoms with Crippen molar-refractivity contribution in [2.45, 2.75) is 25.1 Å². The number of nitrogens with one attached hydrogen (secondary N) is 1. The molecule has 0 radical (unpaired) electrons. The molecule has 5 nitrogen and oxygen atoms in total. The van der Waals surface area contributed by atoms with Crippen LogP contribution in [0.1, 0.15) is 16.8 Å². The van der Waals surface area contributed by atoms with Crippen molar-refractivity contribution in [2.75, 3.05) is 12.9 Å². The maximum absolute atomic E-state index is 12.1. The van der Waals surface area contributed by atoms with Crippen molar-refractivity contribution in [1.29, 1.82) is 0 Å². The van der Waals surface area contributed by atoms with E-state index in [0.717, 1.165) is 41.2 Å². The molecule has 2 heterocycles. The quantitative estimate of drug-likeness (QED) is 0.929. The maximum atomic E-state index is 12.1. The van der Waals surface area contributed by atoms with Gasteiger partial charge in [-0.3, -0.25) is 14.3 Å². The topological polar surface area (TPSA) is 64.1 Å². The summed E-state index contributed by atoms with van der Waals surface area (Å²) in [6.45, 7) is 0.578. The summed E-state index contributed by atoms with van der Waals surface area (Å²) in [4.78, 5) is 26.4. The van der Waals surface area contributed by atoms with Gasteiger partial charge in [-0.1, -0.05) is 12.1 Å². The molecule has 0 spiro atoms. The molecule has 1 aromatic carbocycles. The molecule has 0 atom stereocenters. The zero-order valence-electron chi connectivity index (χ0n) is 12.4. The fraction of sp³-hybridized carbons (Fsp3) is 0.375. The van der Waals surface area contributed by atoms with Gasteiger partial charge in [-0.2, -0.15) is 11.8 Å². The summed E-state index contributed by atoms with van der Waals surface area (Å²) >= 11 is 1.74. The number of hydrogen-bond acceptors (Lipinski definition) is 4. The van der Waals surface area contributed by atoms with Crippen LogP contribution in [0.25, 0.3) is 0 Å². The zero-order chi connectivity index (χ0) is 15.5. The first-order valence-electron chi connectivity index (χ1n) is 7.24. The highest BCUT2D eigenvalue weighted by Gasteiger charge is 2.18. The van der Waals surface area contributed by atoms with Crippen LogP contribution in [-0.4, -0.2) is 22.4 Å². The Balaban J connectivity index is 1.85. The molecule has 0 aliphatic carbocycles. The number of rotatable bonds is 4. The minimum absolute atomic E-state index is 0.229. The monoisotopic (exact) mass is 318 g/mol. The van der Waals surface area contributed by atoms with Gasteiger partial charge in [0.15, 0.2) is 0 Å². The molecule has 116 valence electrons. The first kappa shape index (κ1) is 15.0. The predicted molar refractivity (Wildman–Crippen MR) is 87.9 cm³/mol. The largest absolute Gasteiger partial charge is 0.497 e. The molecule has 2 aromatic rings. The van der Waals surface area contributed by atoms with E-state index in [2.05, 4.69) is 4.98 Å². The first-order chi connectivity index (χ1) is 10.7. The van der Waals surface area contributed by atoms with Crippen molar-refractivity contribution in [1.82, 2.24) is 9.55 Å². The highest BCUT2D eigenvalue weighted by molar-refractivity contribution is 7.98. The molecule has 1 N–H and O–H groups in total. The van der Waals surface area contributed by atoms with Crippen molar-refractivity contribution in [3.8, 4) is 5.75 Å². The van der Waals surface area contributed by atoms with Gasteiger partial charge in [-0.15, -0.1) is 0 Å². The number of nitrogens with zero attached hydrogens (tertiary/aromatic N) is 1. The number of H-pyrrole nitrogens is 1. The molecular formula is C16H18N2O3S. The van der Waals surface area contributed by atoms with Gasteiger partial charge in [0.2, 0.25) is 0 Å². The molecule has 0 fully saturated rings. The van der Waals surface area contributed by atoms with E-state index in [1.165, 1.54) is 0 Å². The summed E-state index contributed by atoms with van der Waals surface area (Å²) < 4.78 is 6.86. The Labute approximate surface area is 132 Å². The number of thioether (sulfide) groups is 1. The van der Waals surface area contributed by atoms with Gasteiger partial charge in [-0.25, -0.2) is 4.79 Å². The van der Waals surface area contributed by atoms with Gasteiger partial charge in [-0.05, 0) is 36.3 Å². The van der Waals surface area contributed by atoms with Crippen LogP contribution >= 0.6 is 11.8 Å². The second kappa shape index (κ2) is 6.44. The Morgan fingerprint density at radius 1 is 1.27 bits per heavy atom. The highest BCUT2D eigenvalue weighted by atomic mass is 32.2. The summed E-state index contributed by atoms with van der Waals surface area (Å²) in [5, 5.41) is 0. The van der Waals surface area contributed by atoms with Crippen LogP contribution in [0.2, 0.25) is 0 Å². The molecule has 0 unspecified atom stereocenters. The fourth-order valence-electron chi connectivity index (χ4n) is 2.70. The molecule has 3 rings (SSSR count). The van der Waals surface area contributed by atoms with Crippen LogP contribution in [0.15, 0.2) is 33.9 Å². The van der Waals surface area contributed by atoms with Crippen LogP contribution in [0.4, 0.5) is 0 Å². The number of fused-ring (bicyclic) bond motifs is 1. The van der Waals surface area contributed by atoms with Crippen molar-refractivity contribution >= 4 is 11.8 Å². The number of methoxy groups -OCH3 is 1. The third kappa shape index (κ3) is 2.97. The van der Waals surface area contributed by atoms with Crippen LogP contribution in [0.5, 0.6) is 5.75 Å². The summed E-state index contributed by atoms with van der Waals surface area (Å²) in [5.74, 6) is 2.46. The van der Waals surface area contributed by atoms with E-state index in [-0.39, 0.29) is 11.2 Å². The summed E-state index contributed by atoms with van der Waals surface area (Å²) in [5.41, 5.74) is 2.27. The van der Waals surface area contributed by atoms with Crippen molar-refractivity contribution < 1.29 is 4.74 Å². The second-order valence-electron chi connectivity index (χ2n) is 5.24. The van der Waals surface area contributed by atoms with Crippen LogP contribution < -0.4 is 16.0 Å². The fourth-order valence-corrected chi connectivity index (χ4v) is 3.69. The molecule has 1 aliphatic rings. The van der Waals surface area contributed by atoms with E-state index in [0.29, 0.717) is 12.3 Å². The molecule has 1 aromatic heterocycles. The van der Waals surface area contributed by atoms with Gasteiger partial charge in [0.1, 0.15) is 5.75 Å². The van der Waals surface area contributed by atoms with Gasteiger partial charge >= 0.3 is 5.69 Å². The average molecular weight is 318 g/mol. The number of aromatic nitrogens is 2. The highest BCUT2D eigenvalue weighted by Crippen LogP contribution is 2.21. The molecule has 22 heavy (non-hydrogen) atoms. The minimum atomic E-state index is -0.302. The van der Waals surface area contributed by atoms with Gasteiger partial charge in [0.05, 0.1) is 7.11 Å². The average Bonchev–Trinajstić information content (AvgIpc) is 2.55. The summed E-state index contributed by atoms with van der Waals surface area (Å²) in [6.07, 6.45) is 1.53. The van der Waals surface area contributed by atoms with E-state index in [1.54, 1.807) is 23.4 Å². The van der Waals surface area contributed by atoms with E-state index in [9.17, 15) is 9.59 Å². The zero-order valence-corrected chi connectivity index (χ0v) is 13.2. The lowest BCUT2D eigenvalue weighted by atomic mass is 10.1. The van der Waals surface area contributed by atoms with Gasteiger partial charge < -0.3 is 4.74 Å². The predicted octanol–water partition coefficient (Wildman–Crippen LogP) is 1.58. The normalized spacial score (nSPS) is 13.7. The van der Waals surface area contributed by atoms with Gasteiger partial charge in [0.25, 0.3) is 5.56 Å². The van der Waals surface area contributed by atoms with Crippen molar-refractivity contribution in [2.24, 2.45) is 0 Å². The third-order valence-corrected chi connectivity index (χ3v) is 4.91. The van der Waals surface area contributed by atoms with Crippen LogP contribution in [-0.2, 0) is 25.1 Å². The number of benzene rings is 1. The molecular weight excluding hydrogens is 300 g/mol. The third-order valence-electron chi connectivity index (χ3n) is 3.93. The smallest absolute Gasteiger partial charge is 0.328 e. The van der Waals surface area contributed by atoms with E-state index >= 15 is 0 Å². The molecule has 1 aliphatic heterocycles. The van der Waals surface area contributed by atoms with Crippen LogP contribution in [0.3, 0.4) is 0 Å². The molecule has 0 saturated heterocycles. The Morgan fingerprint density at radius 3 is 2.77 bits per heavy atom. The Bertz CT molecular complexity index is 777. The number of aromatic amines is 1. The SMILES string of the molecule is COc1ccc(CCn2c3c(c(=O)[nH]c2=O)CSCC3)cc1. The maximum Gasteiger partial charge on any atom is 0.328 e. The minimum Gasteiger partial charge on any atom is -0.497 e. The molecule has 0 bridgehead atoms. The Morgan fingerprint density at radius 2 is 2.05 bits per heavy atom. The molecule has 0 saturated carbocycles. The van der Waals surface area contributed by atoms with Crippen molar-refractivity contribution in [3.63, 3.8) is 0 Å². The van der Waals surface area contributed by atoms with Crippen molar-refractivity contribution in [3.05, 3.63) is 61.9 Å². The van der Waals surface area contributed by atoms with E-state index in [1.807, 2.05) is 24.3 Å². The van der Waals surface area contributed by atoms with Crippen LogP contribution in [0, 0.1) is 0 Å². The first-order valence-corrected chi connectivity index (χ1v) is 8.40. The Kier molecular flexibility index (Phi) is 4.38. The lowest BCUT2D eigenvalue weighted by Gasteiger charge is -2.19.